The first-order valence-electron chi connectivity index (χ1n) is 5.73. The van der Waals surface area contributed by atoms with E-state index in [9.17, 15) is 4.79 Å². The summed E-state index contributed by atoms with van der Waals surface area (Å²) in [5.74, 6) is -0.240. The molecular formula is C14H15N3O. The second-order valence-electron chi connectivity index (χ2n) is 4.32. The number of amides is 1. The maximum Gasteiger partial charge on any atom is 0.275 e. The van der Waals surface area contributed by atoms with Gasteiger partial charge in [-0.05, 0) is 38.0 Å². The summed E-state index contributed by atoms with van der Waals surface area (Å²) in [6.45, 7) is 5.77. The first-order chi connectivity index (χ1) is 8.56. The lowest BCUT2D eigenvalue weighted by molar-refractivity contribution is 0.102. The summed E-state index contributed by atoms with van der Waals surface area (Å²) >= 11 is 0. The van der Waals surface area contributed by atoms with Crippen molar-refractivity contribution in [1.29, 1.82) is 0 Å². The number of anilines is 1. The third-order valence-electron chi connectivity index (χ3n) is 2.65. The van der Waals surface area contributed by atoms with Crippen LogP contribution in [0.1, 0.15) is 27.3 Å². The van der Waals surface area contributed by atoms with Crippen molar-refractivity contribution in [3.63, 3.8) is 0 Å². The molecule has 1 heterocycles. The molecule has 2 rings (SSSR count). The topological polar surface area (TPSA) is 54.9 Å². The van der Waals surface area contributed by atoms with Gasteiger partial charge in [0.05, 0.1) is 11.9 Å². The Morgan fingerprint density at radius 2 is 1.89 bits per heavy atom. The second-order valence-corrected chi connectivity index (χ2v) is 4.32. The van der Waals surface area contributed by atoms with E-state index < -0.39 is 0 Å². The highest BCUT2D eigenvalue weighted by Crippen LogP contribution is 2.16. The van der Waals surface area contributed by atoms with Crippen LogP contribution in [0.25, 0.3) is 0 Å². The molecular weight excluding hydrogens is 226 g/mol. The van der Waals surface area contributed by atoms with Crippen LogP contribution in [0, 0.1) is 20.8 Å². The van der Waals surface area contributed by atoms with Gasteiger partial charge in [-0.15, -0.1) is 0 Å². The minimum Gasteiger partial charge on any atom is -0.320 e. The van der Waals surface area contributed by atoms with Gasteiger partial charge < -0.3 is 5.32 Å². The first-order valence-corrected chi connectivity index (χ1v) is 5.73. The molecule has 0 saturated heterocycles. The van der Waals surface area contributed by atoms with E-state index in [2.05, 4.69) is 15.3 Å². The summed E-state index contributed by atoms with van der Waals surface area (Å²) in [5.41, 5.74) is 4.04. The molecule has 18 heavy (non-hydrogen) atoms. The number of hydrogen-bond acceptors (Lipinski definition) is 3. The van der Waals surface area contributed by atoms with Crippen LogP contribution in [0.3, 0.4) is 0 Å². The number of aromatic nitrogens is 2. The van der Waals surface area contributed by atoms with E-state index in [0.29, 0.717) is 5.69 Å². The smallest absolute Gasteiger partial charge is 0.275 e. The molecule has 1 aromatic heterocycles. The van der Waals surface area contributed by atoms with E-state index in [1.807, 2.05) is 39.0 Å². The van der Waals surface area contributed by atoms with Gasteiger partial charge in [-0.25, -0.2) is 4.98 Å². The molecule has 2 aromatic rings. The molecule has 4 nitrogen and oxygen atoms in total. The quantitative estimate of drug-likeness (QED) is 0.879. The van der Waals surface area contributed by atoms with Crippen molar-refractivity contribution in [3.8, 4) is 0 Å². The van der Waals surface area contributed by atoms with Crippen molar-refractivity contribution >= 4 is 11.6 Å². The molecule has 0 atom stereocenters. The van der Waals surface area contributed by atoms with Gasteiger partial charge in [0.15, 0.2) is 0 Å². The highest BCUT2D eigenvalue weighted by atomic mass is 16.1. The fraction of sp³-hybridized carbons (Fsp3) is 0.214. The first kappa shape index (κ1) is 12.2. The van der Waals surface area contributed by atoms with E-state index in [1.54, 1.807) is 6.20 Å². The fourth-order valence-corrected chi connectivity index (χ4v) is 1.57. The van der Waals surface area contributed by atoms with Crippen molar-refractivity contribution in [2.24, 2.45) is 0 Å². The van der Waals surface area contributed by atoms with Crippen molar-refractivity contribution in [2.75, 3.05) is 5.32 Å². The number of hydrogen-bond donors (Lipinski definition) is 1. The van der Waals surface area contributed by atoms with Gasteiger partial charge in [0, 0.05) is 11.9 Å². The Kier molecular flexibility index (Phi) is 3.37. The second kappa shape index (κ2) is 4.96. The fourth-order valence-electron chi connectivity index (χ4n) is 1.57. The van der Waals surface area contributed by atoms with E-state index in [1.165, 1.54) is 6.20 Å². The Morgan fingerprint density at radius 3 is 2.56 bits per heavy atom. The summed E-state index contributed by atoms with van der Waals surface area (Å²) in [4.78, 5) is 20.1. The van der Waals surface area contributed by atoms with E-state index >= 15 is 0 Å². The Bertz CT molecular complexity index is 576. The molecule has 0 saturated carbocycles. The van der Waals surface area contributed by atoms with Gasteiger partial charge in [-0.1, -0.05) is 12.1 Å². The highest BCUT2D eigenvalue weighted by molar-refractivity contribution is 6.03. The number of aryl methyl sites for hydroxylation is 3. The van der Waals surface area contributed by atoms with Gasteiger partial charge in [0.1, 0.15) is 5.69 Å². The SMILES string of the molecule is Cc1ccc(C)c(NC(=O)c2cnc(C)cn2)c1. The Balaban J connectivity index is 2.21. The Hall–Kier alpha value is -2.23. The summed E-state index contributed by atoms with van der Waals surface area (Å²) in [6, 6.07) is 5.93. The number of nitrogens with one attached hydrogen (secondary N) is 1. The highest BCUT2D eigenvalue weighted by Gasteiger charge is 2.09. The normalized spacial score (nSPS) is 10.2. The average Bonchev–Trinajstić information content (AvgIpc) is 2.34. The molecule has 1 N–H and O–H groups in total. The monoisotopic (exact) mass is 241 g/mol. The Labute approximate surface area is 106 Å². The summed E-state index contributed by atoms with van der Waals surface area (Å²) in [5, 5.41) is 2.85. The van der Waals surface area contributed by atoms with Crippen LogP contribution < -0.4 is 5.32 Å². The lowest BCUT2D eigenvalue weighted by Gasteiger charge is -2.08. The van der Waals surface area contributed by atoms with Crippen LogP contribution in [0.4, 0.5) is 5.69 Å². The molecule has 92 valence electrons. The molecule has 4 heteroatoms. The molecule has 0 bridgehead atoms. The van der Waals surface area contributed by atoms with Gasteiger partial charge in [-0.3, -0.25) is 9.78 Å². The van der Waals surface area contributed by atoms with Crippen LogP contribution in [0.15, 0.2) is 30.6 Å². The van der Waals surface area contributed by atoms with Crippen molar-refractivity contribution < 1.29 is 4.79 Å². The predicted molar refractivity (Wildman–Crippen MR) is 70.6 cm³/mol. The number of carbonyl (C=O) groups is 1. The zero-order chi connectivity index (χ0) is 13.1. The maximum atomic E-state index is 12.0. The van der Waals surface area contributed by atoms with Crippen molar-refractivity contribution in [2.45, 2.75) is 20.8 Å². The minimum absolute atomic E-state index is 0.240. The largest absolute Gasteiger partial charge is 0.320 e. The molecule has 0 aliphatic carbocycles. The standard InChI is InChI=1S/C14H15N3O/c1-9-4-5-10(2)12(6-9)17-14(18)13-8-15-11(3)7-16-13/h4-8H,1-3H3,(H,17,18). The lowest BCUT2D eigenvalue weighted by atomic mass is 10.1. The molecule has 1 aromatic carbocycles. The summed E-state index contributed by atoms with van der Waals surface area (Å²) in [7, 11) is 0. The molecule has 0 unspecified atom stereocenters. The number of rotatable bonds is 2. The lowest BCUT2D eigenvalue weighted by Crippen LogP contribution is -2.15. The third-order valence-corrected chi connectivity index (χ3v) is 2.65. The van der Waals surface area contributed by atoms with Crippen molar-refractivity contribution in [3.05, 3.63) is 53.1 Å². The molecule has 0 radical (unpaired) electrons. The molecule has 0 fully saturated rings. The van der Waals surface area contributed by atoms with Gasteiger partial charge in [0.2, 0.25) is 0 Å². The van der Waals surface area contributed by atoms with Gasteiger partial charge in [0.25, 0.3) is 5.91 Å². The molecule has 0 aliphatic heterocycles. The average molecular weight is 241 g/mol. The van der Waals surface area contributed by atoms with Gasteiger partial charge >= 0.3 is 0 Å². The molecule has 0 aliphatic rings. The zero-order valence-corrected chi connectivity index (χ0v) is 10.7. The third kappa shape index (κ3) is 2.71. The minimum atomic E-state index is -0.240. The van der Waals surface area contributed by atoms with E-state index in [4.69, 9.17) is 0 Å². The predicted octanol–water partition coefficient (Wildman–Crippen LogP) is 2.65. The van der Waals surface area contributed by atoms with Gasteiger partial charge in [-0.2, -0.15) is 0 Å². The van der Waals surface area contributed by atoms with E-state index in [0.717, 1.165) is 22.5 Å². The zero-order valence-electron chi connectivity index (χ0n) is 10.7. The maximum absolute atomic E-state index is 12.0. The van der Waals surface area contributed by atoms with Crippen molar-refractivity contribution in [1.82, 2.24) is 9.97 Å². The summed E-state index contributed by atoms with van der Waals surface area (Å²) < 4.78 is 0. The van der Waals surface area contributed by atoms with Crippen LogP contribution >= 0.6 is 0 Å². The molecule has 1 amide bonds. The number of carbonyl (C=O) groups excluding carboxylic acids is 1. The number of nitrogens with zero attached hydrogens (tertiary/aromatic N) is 2. The number of benzene rings is 1. The van der Waals surface area contributed by atoms with Crippen LogP contribution in [-0.4, -0.2) is 15.9 Å². The van der Waals surface area contributed by atoms with Crippen LogP contribution in [-0.2, 0) is 0 Å². The van der Waals surface area contributed by atoms with E-state index in [-0.39, 0.29) is 5.91 Å². The summed E-state index contributed by atoms with van der Waals surface area (Å²) in [6.07, 6.45) is 3.06. The Morgan fingerprint density at radius 1 is 1.11 bits per heavy atom. The van der Waals surface area contributed by atoms with Crippen LogP contribution in [0.2, 0.25) is 0 Å². The van der Waals surface area contributed by atoms with Crippen LogP contribution in [0.5, 0.6) is 0 Å². The molecule has 0 spiro atoms.